The fourth-order valence-electron chi connectivity index (χ4n) is 12.0. The van der Waals surface area contributed by atoms with Crippen molar-refractivity contribution >= 4 is 54.8 Å². The number of para-hydroxylation sites is 4. The van der Waals surface area contributed by atoms with E-state index in [0.29, 0.717) is 0 Å². The van der Waals surface area contributed by atoms with E-state index in [1.165, 1.54) is 50.1 Å². The molecule has 6 nitrogen and oxygen atoms in total. The molecular weight excluding hydrogens is 1020 g/mol. The molecule has 0 radical (unpaired) electrons. The minimum Gasteiger partial charge on any atom is -0.457 e. The first kappa shape index (κ1) is 56.3. The highest BCUT2D eigenvalue weighted by Crippen LogP contribution is 2.45. The lowest BCUT2D eigenvalue weighted by atomic mass is 9.77. The molecule has 8 aromatic carbocycles. The Morgan fingerprint density at radius 3 is 1.56 bits per heavy atom. The largest absolute Gasteiger partial charge is 0.457 e. The van der Waals surface area contributed by atoms with Gasteiger partial charge in [-0.3, -0.25) is 4.57 Å². The fourth-order valence-corrected chi connectivity index (χ4v) is 12.0. The van der Waals surface area contributed by atoms with E-state index in [9.17, 15) is 0 Å². The highest BCUT2D eigenvalue weighted by Gasteiger charge is 2.31. The summed E-state index contributed by atoms with van der Waals surface area (Å²) in [5, 5.41) is 4.31. The standard InChI is InChI=1S/C78H83N4O2/c1-73(2,3)50-34-35-79-69(44-50)82-66-33-32-62-61-24-19-22-29-68(61)84-72(62)70(66)63-31-30-57(46-67(63)82)83-58-43-55(78(16,17)18)42-56(45-58)80-47-81(65-28-21-20-27-64(65)80)71-59(48-36-51(74(4,5)6)40-52(37-48)75(7,8)9)25-23-26-60(71)49-38-53(76(10,11)12)41-54(39-49)77(13,14)15/h19-47H,1-18H3/q+1. The van der Waals surface area contributed by atoms with Gasteiger partial charge in [-0.05, 0) is 144 Å². The first-order valence-corrected chi connectivity index (χ1v) is 30.1. The maximum absolute atomic E-state index is 7.22. The molecule has 12 rings (SSSR count). The van der Waals surface area contributed by atoms with Crippen molar-refractivity contribution < 1.29 is 13.7 Å². The first-order chi connectivity index (χ1) is 39.4. The Balaban J connectivity index is 1.08. The van der Waals surface area contributed by atoms with Crippen molar-refractivity contribution in [3.8, 4) is 50.9 Å². The molecule has 0 atom stereocenters. The van der Waals surface area contributed by atoms with Crippen LogP contribution in [0.4, 0.5) is 0 Å². The summed E-state index contributed by atoms with van der Waals surface area (Å²) >= 11 is 0. The lowest BCUT2D eigenvalue weighted by molar-refractivity contribution is -0.566. The number of benzene rings is 8. The van der Waals surface area contributed by atoms with E-state index < -0.39 is 0 Å². The Kier molecular flexibility index (Phi) is 13.2. The molecule has 0 N–H and O–H groups in total. The molecule has 0 fully saturated rings. The van der Waals surface area contributed by atoms with E-state index in [0.717, 1.165) is 89.0 Å². The molecule has 0 aliphatic rings. The molecule has 0 saturated heterocycles. The number of furan rings is 1. The van der Waals surface area contributed by atoms with Crippen LogP contribution in [0.1, 0.15) is 158 Å². The molecule has 0 saturated carbocycles. The highest BCUT2D eigenvalue weighted by atomic mass is 16.5. The molecule has 0 bridgehead atoms. The Labute approximate surface area is 497 Å². The van der Waals surface area contributed by atoms with Gasteiger partial charge >= 0.3 is 0 Å². The second kappa shape index (κ2) is 19.7. The number of rotatable bonds is 7. The Hall–Kier alpha value is -8.22. The third kappa shape index (κ3) is 10.2. The van der Waals surface area contributed by atoms with Crippen LogP contribution in [0, 0.1) is 0 Å². The maximum atomic E-state index is 7.22. The van der Waals surface area contributed by atoms with Crippen molar-refractivity contribution in [1.82, 2.24) is 14.1 Å². The van der Waals surface area contributed by atoms with Gasteiger partial charge in [-0.2, -0.15) is 9.13 Å². The van der Waals surface area contributed by atoms with Crippen LogP contribution in [0.2, 0.25) is 0 Å². The van der Waals surface area contributed by atoms with Crippen LogP contribution in [0.3, 0.4) is 0 Å². The molecule has 0 amide bonds. The third-order valence-corrected chi connectivity index (χ3v) is 17.2. The number of hydrogen-bond acceptors (Lipinski definition) is 3. The van der Waals surface area contributed by atoms with Gasteiger partial charge < -0.3 is 9.15 Å². The van der Waals surface area contributed by atoms with E-state index in [4.69, 9.17) is 14.1 Å². The van der Waals surface area contributed by atoms with Crippen LogP contribution in [0.25, 0.3) is 94.2 Å². The summed E-state index contributed by atoms with van der Waals surface area (Å²) < 4.78 is 21.1. The summed E-state index contributed by atoms with van der Waals surface area (Å²) in [6, 6.07) is 60.7. The molecule has 0 spiro atoms. The molecule has 0 aliphatic heterocycles. The zero-order chi connectivity index (χ0) is 59.8. The second-order valence-corrected chi connectivity index (χ2v) is 29.8. The molecule has 4 aromatic heterocycles. The van der Waals surface area contributed by atoms with Gasteiger partial charge in [-0.25, -0.2) is 4.98 Å². The predicted molar refractivity (Wildman–Crippen MR) is 354 cm³/mol. The van der Waals surface area contributed by atoms with Gasteiger partial charge in [0.15, 0.2) is 11.0 Å². The normalized spacial score (nSPS) is 13.1. The van der Waals surface area contributed by atoms with E-state index in [2.05, 4.69) is 302 Å². The van der Waals surface area contributed by atoms with Crippen molar-refractivity contribution in [3.63, 3.8) is 0 Å². The number of ether oxygens (including phenoxy) is 1. The fraction of sp³-hybridized carbons (Fsp3) is 0.308. The summed E-state index contributed by atoms with van der Waals surface area (Å²) in [4.78, 5) is 5.05. The number of fused-ring (bicyclic) bond motifs is 8. The van der Waals surface area contributed by atoms with Gasteiger partial charge in [-0.15, -0.1) is 0 Å². The van der Waals surface area contributed by atoms with Crippen LogP contribution < -0.4 is 9.30 Å². The summed E-state index contributed by atoms with van der Waals surface area (Å²) in [5.74, 6) is 2.32. The smallest absolute Gasteiger partial charge is 0.255 e. The van der Waals surface area contributed by atoms with Crippen molar-refractivity contribution in [1.29, 1.82) is 0 Å². The number of nitrogens with zero attached hydrogens (tertiary/aromatic N) is 4. The third-order valence-electron chi connectivity index (χ3n) is 17.2. The SMILES string of the molecule is CC(C)(C)c1cc(Oc2ccc3c4c5oc6ccccc6c5ccc4n(-c4cc(C(C)(C)C)ccn4)c3c2)cc(-n2c[n+](-c3c(-c4cc(C(C)(C)C)cc(C(C)(C)C)c4)cccc3-c3cc(C(C)(C)C)cc(C(C)(C)C)c3)c3ccccc32)c1. The second-order valence-electron chi connectivity index (χ2n) is 29.8. The maximum Gasteiger partial charge on any atom is 0.255 e. The Morgan fingerprint density at radius 1 is 0.417 bits per heavy atom. The zero-order valence-electron chi connectivity index (χ0n) is 52.8. The van der Waals surface area contributed by atoms with Crippen LogP contribution in [0.15, 0.2) is 181 Å². The quantitative estimate of drug-likeness (QED) is 0.149. The van der Waals surface area contributed by atoms with Crippen LogP contribution in [-0.2, 0) is 32.5 Å². The van der Waals surface area contributed by atoms with E-state index in [1.807, 2.05) is 12.3 Å². The van der Waals surface area contributed by atoms with Crippen LogP contribution in [0.5, 0.6) is 11.5 Å². The summed E-state index contributed by atoms with van der Waals surface area (Å²) in [6.45, 7) is 41.5. The van der Waals surface area contributed by atoms with Gasteiger partial charge in [0.05, 0.1) is 16.4 Å². The van der Waals surface area contributed by atoms with Gasteiger partial charge in [0, 0.05) is 45.6 Å². The number of imidazole rings is 1. The topological polar surface area (TPSA) is 49.0 Å². The van der Waals surface area contributed by atoms with Crippen molar-refractivity contribution in [2.24, 2.45) is 0 Å². The van der Waals surface area contributed by atoms with E-state index in [1.54, 1.807) is 0 Å². The summed E-state index contributed by atoms with van der Waals surface area (Å²) in [6.07, 6.45) is 4.25. The van der Waals surface area contributed by atoms with Crippen molar-refractivity contribution in [3.05, 3.63) is 210 Å². The highest BCUT2D eigenvalue weighted by molar-refractivity contribution is 6.24. The van der Waals surface area contributed by atoms with Gasteiger partial charge in [0.1, 0.15) is 39.9 Å². The molecule has 0 unspecified atom stereocenters. The summed E-state index contributed by atoms with van der Waals surface area (Å²) in [5.41, 5.74) is 19.9. The van der Waals surface area contributed by atoms with Crippen molar-refractivity contribution in [2.75, 3.05) is 0 Å². The minimum atomic E-state index is -0.212. The van der Waals surface area contributed by atoms with E-state index >= 15 is 0 Å². The van der Waals surface area contributed by atoms with Crippen LogP contribution >= 0.6 is 0 Å². The minimum absolute atomic E-state index is 0.0703. The average molecular weight is 1110 g/mol. The molecule has 84 heavy (non-hydrogen) atoms. The molecule has 6 heteroatoms. The lowest BCUT2D eigenvalue weighted by Crippen LogP contribution is -2.31. The Bertz CT molecular complexity index is 4410. The molecule has 426 valence electrons. The van der Waals surface area contributed by atoms with Gasteiger partial charge in [0.2, 0.25) is 0 Å². The molecule has 12 aromatic rings. The van der Waals surface area contributed by atoms with E-state index in [-0.39, 0.29) is 32.5 Å². The van der Waals surface area contributed by atoms with Gasteiger partial charge in [-0.1, -0.05) is 210 Å². The predicted octanol–water partition coefficient (Wildman–Crippen LogP) is 21.2. The number of pyridine rings is 1. The summed E-state index contributed by atoms with van der Waals surface area (Å²) in [7, 11) is 0. The first-order valence-electron chi connectivity index (χ1n) is 30.1. The monoisotopic (exact) mass is 1110 g/mol. The number of aromatic nitrogens is 4. The Morgan fingerprint density at radius 2 is 0.964 bits per heavy atom. The van der Waals surface area contributed by atoms with Crippen LogP contribution in [-0.4, -0.2) is 14.1 Å². The zero-order valence-corrected chi connectivity index (χ0v) is 52.8. The van der Waals surface area contributed by atoms with Gasteiger partial charge in [0.25, 0.3) is 6.33 Å². The average Bonchev–Trinajstić information content (AvgIpc) is 2.47. The molecular formula is C78H83N4O2+. The molecule has 4 heterocycles. The molecule has 0 aliphatic carbocycles. The number of hydrogen-bond donors (Lipinski definition) is 0. The van der Waals surface area contributed by atoms with Crippen molar-refractivity contribution in [2.45, 2.75) is 157 Å². The lowest BCUT2D eigenvalue weighted by Gasteiger charge is -2.27.